The molecule has 3 unspecified atom stereocenters. The van der Waals surface area contributed by atoms with Crippen LogP contribution in [0.4, 0.5) is 0 Å². The predicted molar refractivity (Wildman–Crippen MR) is 69.7 cm³/mol. The first-order valence-electron chi connectivity index (χ1n) is 7.18. The summed E-state index contributed by atoms with van der Waals surface area (Å²) in [6.45, 7) is 11.0. The molecule has 2 nitrogen and oxygen atoms in total. The summed E-state index contributed by atoms with van der Waals surface area (Å²) in [6.07, 6.45) is 6.78. The fourth-order valence-electron chi connectivity index (χ4n) is 3.41. The van der Waals surface area contributed by atoms with E-state index in [2.05, 4.69) is 31.0 Å². The number of unbranched alkanes of at least 4 members (excludes halogenated alkanes) is 1. The first-order chi connectivity index (χ1) is 7.69. The SMILES string of the molecule is CCCCC(C)(CC)N1CC2CCNC2C1. The zero-order chi connectivity index (χ0) is 11.6. The van der Waals surface area contributed by atoms with Crippen molar-refractivity contribution in [2.24, 2.45) is 5.92 Å². The van der Waals surface area contributed by atoms with Crippen LogP contribution in [0.2, 0.25) is 0 Å². The Morgan fingerprint density at radius 3 is 2.75 bits per heavy atom. The molecule has 3 atom stereocenters. The van der Waals surface area contributed by atoms with Crippen LogP contribution in [-0.2, 0) is 0 Å². The first-order valence-corrected chi connectivity index (χ1v) is 7.18. The molecule has 0 bridgehead atoms. The molecule has 16 heavy (non-hydrogen) atoms. The molecule has 0 aromatic rings. The molecule has 1 N–H and O–H groups in total. The van der Waals surface area contributed by atoms with Crippen molar-refractivity contribution in [1.29, 1.82) is 0 Å². The molecule has 2 rings (SSSR count). The Bertz CT molecular complexity index is 217. The highest BCUT2D eigenvalue weighted by atomic mass is 15.3. The van der Waals surface area contributed by atoms with Crippen molar-refractivity contribution in [3.63, 3.8) is 0 Å². The summed E-state index contributed by atoms with van der Waals surface area (Å²) in [5, 5.41) is 3.66. The highest BCUT2D eigenvalue weighted by Gasteiger charge is 2.42. The Labute approximate surface area is 101 Å². The van der Waals surface area contributed by atoms with E-state index in [1.165, 1.54) is 51.7 Å². The zero-order valence-corrected chi connectivity index (χ0v) is 11.3. The van der Waals surface area contributed by atoms with Gasteiger partial charge in [0.1, 0.15) is 0 Å². The third-order valence-corrected chi connectivity index (χ3v) is 4.96. The highest BCUT2D eigenvalue weighted by Crippen LogP contribution is 2.34. The fourth-order valence-corrected chi connectivity index (χ4v) is 3.41. The van der Waals surface area contributed by atoms with Gasteiger partial charge in [0.25, 0.3) is 0 Å². The van der Waals surface area contributed by atoms with Crippen LogP contribution >= 0.6 is 0 Å². The summed E-state index contributed by atoms with van der Waals surface area (Å²) in [5.74, 6) is 0.938. The van der Waals surface area contributed by atoms with Crippen molar-refractivity contribution in [2.75, 3.05) is 19.6 Å². The minimum absolute atomic E-state index is 0.460. The lowest BCUT2D eigenvalue weighted by molar-refractivity contribution is 0.108. The molecule has 2 aliphatic heterocycles. The lowest BCUT2D eigenvalue weighted by atomic mass is 9.90. The standard InChI is InChI=1S/C14H28N2/c1-4-6-8-14(3,5-2)16-10-12-7-9-15-13(12)11-16/h12-13,15H,4-11H2,1-3H3. The Kier molecular flexibility index (Phi) is 3.91. The second-order valence-corrected chi connectivity index (χ2v) is 5.97. The van der Waals surface area contributed by atoms with E-state index in [1.807, 2.05) is 0 Å². The van der Waals surface area contributed by atoms with Crippen molar-refractivity contribution in [1.82, 2.24) is 10.2 Å². The third-order valence-electron chi connectivity index (χ3n) is 4.96. The van der Waals surface area contributed by atoms with Crippen LogP contribution in [0.15, 0.2) is 0 Å². The number of nitrogens with zero attached hydrogens (tertiary/aromatic N) is 1. The van der Waals surface area contributed by atoms with Crippen molar-refractivity contribution < 1.29 is 0 Å². The van der Waals surface area contributed by atoms with Gasteiger partial charge in [-0.05, 0) is 38.6 Å². The van der Waals surface area contributed by atoms with Crippen LogP contribution in [0.1, 0.15) is 52.9 Å². The molecule has 0 amide bonds. The monoisotopic (exact) mass is 224 g/mol. The van der Waals surface area contributed by atoms with E-state index >= 15 is 0 Å². The van der Waals surface area contributed by atoms with Gasteiger partial charge in [-0.25, -0.2) is 0 Å². The van der Waals surface area contributed by atoms with Crippen molar-refractivity contribution in [2.45, 2.75) is 64.5 Å². The summed E-state index contributed by atoms with van der Waals surface area (Å²) in [4.78, 5) is 2.77. The van der Waals surface area contributed by atoms with E-state index in [0.717, 1.165) is 12.0 Å². The Hall–Kier alpha value is -0.0800. The lowest BCUT2D eigenvalue weighted by Gasteiger charge is -2.39. The highest BCUT2D eigenvalue weighted by molar-refractivity contribution is 4.99. The van der Waals surface area contributed by atoms with Gasteiger partial charge < -0.3 is 5.32 Å². The van der Waals surface area contributed by atoms with Gasteiger partial charge in [-0.15, -0.1) is 0 Å². The number of hydrogen-bond acceptors (Lipinski definition) is 2. The first kappa shape index (κ1) is 12.4. The largest absolute Gasteiger partial charge is 0.312 e. The van der Waals surface area contributed by atoms with Crippen LogP contribution in [0.3, 0.4) is 0 Å². The topological polar surface area (TPSA) is 15.3 Å². The Balaban J connectivity index is 1.94. The minimum atomic E-state index is 0.460. The maximum atomic E-state index is 3.66. The van der Waals surface area contributed by atoms with Crippen LogP contribution in [-0.4, -0.2) is 36.1 Å². The predicted octanol–water partition coefficient (Wildman–Crippen LogP) is 2.64. The van der Waals surface area contributed by atoms with Gasteiger partial charge in [-0.2, -0.15) is 0 Å². The molecular formula is C14H28N2. The van der Waals surface area contributed by atoms with Crippen LogP contribution in [0.5, 0.6) is 0 Å². The summed E-state index contributed by atoms with van der Waals surface area (Å²) in [7, 11) is 0. The molecule has 0 aromatic carbocycles. The van der Waals surface area contributed by atoms with Gasteiger partial charge in [0, 0.05) is 24.7 Å². The van der Waals surface area contributed by atoms with Crippen molar-refractivity contribution in [3.05, 3.63) is 0 Å². The number of hydrogen-bond donors (Lipinski definition) is 1. The molecule has 2 fully saturated rings. The molecule has 0 aromatic heterocycles. The van der Waals surface area contributed by atoms with E-state index in [4.69, 9.17) is 0 Å². The van der Waals surface area contributed by atoms with Crippen LogP contribution in [0, 0.1) is 5.92 Å². The molecule has 0 aliphatic carbocycles. The second kappa shape index (κ2) is 5.05. The number of rotatable bonds is 5. The minimum Gasteiger partial charge on any atom is -0.312 e. The molecule has 0 spiro atoms. The van der Waals surface area contributed by atoms with Gasteiger partial charge in [-0.1, -0.05) is 26.7 Å². The molecule has 0 saturated carbocycles. The van der Waals surface area contributed by atoms with E-state index < -0.39 is 0 Å². The smallest absolute Gasteiger partial charge is 0.0236 e. The van der Waals surface area contributed by atoms with Gasteiger partial charge in [-0.3, -0.25) is 4.90 Å². The molecule has 2 aliphatic rings. The van der Waals surface area contributed by atoms with E-state index in [-0.39, 0.29) is 0 Å². The Morgan fingerprint density at radius 1 is 1.31 bits per heavy atom. The maximum Gasteiger partial charge on any atom is 0.0236 e. The van der Waals surface area contributed by atoms with Crippen molar-refractivity contribution in [3.8, 4) is 0 Å². The van der Waals surface area contributed by atoms with Gasteiger partial charge in [0.05, 0.1) is 0 Å². The molecular weight excluding hydrogens is 196 g/mol. The number of likely N-dealkylation sites (tertiary alicyclic amines) is 1. The normalized spacial score (nSPS) is 33.9. The fraction of sp³-hybridized carbons (Fsp3) is 1.00. The Morgan fingerprint density at radius 2 is 2.12 bits per heavy atom. The summed E-state index contributed by atoms with van der Waals surface area (Å²) in [6, 6.07) is 0.799. The number of nitrogens with one attached hydrogen (secondary N) is 1. The van der Waals surface area contributed by atoms with E-state index in [9.17, 15) is 0 Å². The van der Waals surface area contributed by atoms with E-state index in [0.29, 0.717) is 5.54 Å². The van der Waals surface area contributed by atoms with E-state index in [1.54, 1.807) is 0 Å². The average molecular weight is 224 g/mol. The summed E-state index contributed by atoms with van der Waals surface area (Å²) >= 11 is 0. The van der Waals surface area contributed by atoms with Gasteiger partial charge in [0.15, 0.2) is 0 Å². The molecule has 94 valence electrons. The summed E-state index contributed by atoms with van der Waals surface area (Å²) < 4.78 is 0. The second-order valence-electron chi connectivity index (χ2n) is 5.97. The maximum absolute atomic E-state index is 3.66. The molecule has 2 heterocycles. The zero-order valence-electron chi connectivity index (χ0n) is 11.3. The lowest BCUT2D eigenvalue weighted by Crippen LogP contribution is -2.46. The van der Waals surface area contributed by atoms with Gasteiger partial charge in [0.2, 0.25) is 0 Å². The quantitative estimate of drug-likeness (QED) is 0.772. The van der Waals surface area contributed by atoms with Gasteiger partial charge >= 0.3 is 0 Å². The summed E-state index contributed by atoms with van der Waals surface area (Å²) in [5.41, 5.74) is 0.460. The van der Waals surface area contributed by atoms with Crippen LogP contribution in [0.25, 0.3) is 0 Å². The molecule has 2 heteroatoms. The average Bonchev–Trinajstić information content (AvgIpc) is 2.86. The molecule has 2 saturated heterocycles. The van der Waals surface area contributed by atoms with Crippen LogP contribution < -0.4 is 5.32 Å². The van der Waals surface area contributed by atoms with Crippen molar-refractivity contribution >= 4 is 0 Å². The number of fused-ring (bicyclic) bond motifs is 1. The third kappa shape index (κ3) is 2.28. The molecule has 0 radical (unpaired) electrons.